The van der Waals surface area contributed by atoms with E-state index >= 15 is 0 Å². The molecular formula is C9H7ClO3. The van der Waals surface area contributed by atoms with Crippen LogP contribution >= 0.6 is 11.6 Å². The highest BCUT2D eigenvalue weighted by molar-refractivity contribution is 6.31. The van der Waals surface area contributed by atoms with E-state index in [1.807, 2.05) is 0 Å². The number of Topliss-reactive ketones (excluding diaryl/α,β-unsaturated/α-hetero) is 1. The minimum Gasteiger partial charge on any atom is -0.507 e. The molecule has 0 unspecified atom stereocenters. The van der Waals surface area contributed by atoms with Crippen LogP contribution < -0.4 is 0 Å². The van der Waals surface area contributed by atoms with Crippen molar-refractivity contribution in [3.63, 3.8) is 0 Å². The van der Waals surface area contributed by atoms with Crippen molar-refractivity contribution < 1.29 is 14.7 Å². The monoisotopic (exact) mass is 198 g/mol. The number of hydrogen-bond donors (Lipinski definition) is 1. The third-order valence-corrected chi connectivity index (χ3v) is 1.76. The second kappa shape index (κ2) is 4.05. The number of phenolic OH excluding ortho intramolecular Hbond substituents is 1. The zero-order chi connectivity index (χ0) is 9.84. The normalized spacial score (nSPS) is 9.62. The first-order chi connectivity index (χ1) is 6.15. The molecule has 0 aromatic heterocycles. The van der Waals surface area contributed by atoms with Gasteiger partial charge in [0.25, 0.3) is 0 Å². The zero-order valence-electron chi connectivity index (χ0n) is 6.66. The first-order valence-electron chi connectivity index (χ1n) is 3.60. The molecule has 0 spiro atoms. The number of carbonyl (C=O) groups excluding carboxylic acids is 2. The van der Waals surface area contributed by atoms with Crippen LogP contribution in [0.3, 0.4) is 0 Å². The SMILES string of the molecule is O=CCC(=O)c1cc(Cl)ccc1O. The Morgan fingerprint density at radius 1 is 1.54 bits per heavy atom. The Morgan fingerprint density at radius 2 is 2.23 bits per heavy atom. The molecule has 0 aliphatic rings. The summed E-state index contributed by atoms with van der Waals surface area (Å²) in [4.78, 5) is 21.2. The molecule has 0 aliphatic carbocycles. The highest BCUT2D eigenvalue weighted by Gasteiger charge is 2.10. The van der Waals surface area contributed by atoms with E-state index in [9.17, 15) is 14.7 Å². The van der Waals surface area contributed by atoms with Gasteiger partial charge in [0.05, 0.1) is 12.0 Å². The molecule has 0 bridgehead atoms. The minimum atomic E-state index is -0.435. The average Bonchev–Trinajstić information content (AvgIpc) is 2.09. The number of aldehydes is 1. The van der Waals surface area contributed by atoms with Gasteiger partial charge in [0.1, 0.15) is 12.0 Å². The fourth-order valence-electron chi connectivity index (χ4n) is 0.917. The van der Waals surface area contributed by atoms with Crippen molar-refractivity contribution >= 4 is 23.7 Å². The molecular weight excluding hydrogens is 192 g/mol. The van der Waals surface area contributed by atoms with E-state index in [1.165, 1.54) is 18.2 Å². The Kier molecular flexibility index (Phi) is 3.03. The molecule has 0 aliphatic heterocycles. The molecule has 1 aromatic rings. The summed E-state index contributed by atoms with van der Waals surface area (Å²) >= 11 is 5.61. The largest absolute Gasteiger partial charge is 0.507 e. The molecule has 0 amide bonds. The number of aromatic hydroxyl groups is 1. The number of hydrogen-bond acceptors (Lipinski definition) is 3. The second-order valence-corrected chi connectivity index (χ2v) is 2.89. The zero-order valence-corrected chi connectivity index (χ0v) is 7.41. The van der Waals surface area contributed by atoms with Crippen LogP contribution in [0.15, 0.2) is 18.2 Å². The van der Waals surface area contributed by atoms with Crippen molar-refractivity contribution in [2.24, 2.45) is 0 Å². The first kappa shape index (κ1) is 9.74. The predicted molar refractivity (Wildman–Crippen MR) is 48.1 cm³/mol. The van der Waals surface area contributed by atoms with Crippen LogP contribution in [0, 0.1) is 0 Å². The first-order valence-corrected chi connectivity index (χ1v) is 3.98. The number of ketones is 1. The summed E-state index contributed by atoms with van der Waals surface area (Å²) in [5, 5.41) is 9.59. The maximum atomic E-state index is 11.2. The fourth-order valence-corrected chi connectivity index (χ4v) is 1.09. The lowest BCUT2D eigenvalue weighted by atomic mass is 10.1. The van der Waals surface area contributed by atoms with Crippen LogP contribution in [0.25, 0.3) is 0 Å². The Labute approximate surface area is 79.9 Å². The molecule has 0 saturated heterocycles. The molecule has 1 aromatic carbocycles. The van der Waals surface area contributed by atoms with Crippen molar-refractivity contribution in [1.29, 1.82) is 0 Å². The molecule has 0 radical (unpaired) electrons. The van der Waals surface area contributed by atoms with E-state index < -0.39 is 5.78 Å². The van der Waals surface area contributed by atoms with Gasteiger partial charge in [-0.3, -0.25) is 4.79 Å². The Hall–Kier alpha value is -1.35. The van der Waals surface area contributed by atoms with Crippen molar-refractivity contribution in [2.45, 2.75) is 6.42 Å². The topological polar surface area (TPSA) is 54.4 Å². The van der Waals surface area contributed by atoms with Crippen LogP contribution in [0.1, 0.15) is 16.8 Å². The Balaban J connectivity index is 3.05. The van der Waals surface area contributed by atoms with Gasteiger partial charge in [0.2, 0.25) is 0 Å². The van der Waals surface area contributed by atoms with Gasteiger partial charge in [-0.05, 0) is 18.2 Å². The van der Waals surface area contributed by atoms with Crippen LogP contribution in [0.5, 0.6) is 5.75 Å². The van der Waals surface area contributed by atoms with Crippen molar-refractivity contribution in [1.82, 2.24) is 0 Å². The Bertz CT molecular complexity index is 347. The van der Waals surface area contributed by atoms with E-state index in [0.29, 0.717) is 11.3 Å². The van der Waals surface area contributed by atoms with Gasteiger partial charge in [-0.1, -0.05) is 11.6 Å². The number of halogens is 1. The molecule has 4 heteroatoms. The van der Waals surface area contributed by atoms with E-state index in [-0.39, 0.29) is 17.7 Å². The lowest BCUT2D eigenvalue weighted by Gasteiger charge is -2.00. The smallest absolute Gasteiger partial charge is 0.173 e. The van der Waals surface area contributed by atoms with Gasteiger partial charge in [-0.2, -0.15) is 0 Å². The summed E-state index contributed by atoms with van der Waals surface area (Å²) < 4.78 is 0. The number of rotatable bonds is 3. The number of phenols is 1. The standard InChI is InChI=1S/C9H7ClO3/c10-6-1-2-8(12)7(5-6)9(13)3-4-11/h1-2,4-5,12H,3H2. The molecule has 1 N–H and O–H groups in total. The Morgan fingerprint density at radius 3 is 2.85 bits per heavy atom. The van der Waals surface area contributed by atoms with Gasteiger partial charge in [-0.15, -0.1) is 0 Å². The van der Waals surface area contributed by atoms with Crippen molar-refractivity contribution in [2.75, 3.05) is 0 Å². The lowest BCUT2D eigenvalue weighted by Crippen LogP contribution is -1.99. The molecule has 0 fully saturated rings. The quantitative estimate of drug-likeness (QED) is 0.458. The van der Waals surface area contributed by atoms with E-state index in [2.05, 4.69) is 0 Å². The third-order valence-electron chi connectivity index (χ3n) is 1.53. The summed E-state index contributed by atoms with van der Waals surface area (Å²) in [5.74, 6) is -0.591. The average molecular weight is 199 g/mol. The summed E-state index contributed by atoms with van der Waals surface area (Å²) in [6.07, 6.45) is 0.247. The number of carbonyl (C=O) groups is 2. The van der Waals surface area contributed by atoms with Gasteiger partial charge in [0.15, 0.2) is 5.78 Å². The van der Waals surface area contributed by atoms with E-state index in [0.717, 1.165) is 0 Å². The minimum absolute atomic E-state index is 0.0830. The summed E-state index contributed by atoms with van der Waals surface area (Å²) in [7, 11) is 0. The molecule has 0 saturated carbocycles. The maximum absolute atomic E-state index is 11.2. The number of benzene rings is 1. The van der Waals surface area contributed by atoms with Crippen LogP contribution in [0.2, 0.25) is 5.02 Å². The summed E-state index contributed by atoms with van der Waals surface area (Å²) in [5.41, 5.74) is 0.0830. The van der Waals surface area contributed by atoms with Crippen molar-refractivity contribution in [3.8, 4) is 5.75 Å². The van der Waals surface area contributed by atoms with Gasteiger partial charge >= 0.3 is 0 Å². The van der Waals surface area contributed by atoms with Crippen LogP contribution in [0.4, 0.5) is 0 Å². The second-order valence-electron chi connectivity index (χ2n) is 2.46. The highest BCUT2D eigenvalue weighted by Crippen LogP contribution is 2.22. The molecule has 3 nitrogen and oxygen atoms in total. The summed E-state index contributed by atoms with van der Waals surface area (Å²) in [6, 6.07) is 4.12. The van der Waals surface area contributed by atoms with Crippen molar-refractivity contribution in [3.05, 3.63) is 28.8 Å². The maximum Gasteiger partial charge on any atom is 0.173 e. The molecule has 13 heavy (non-hydrogen) atoms. The van der Waals surface area contributed by atoms with Gasteiger partial charge in [-0.25, -0.2) is 0 Å². The van der Waals surface area contributed by atoms with Gasteiger partial charge < -0.3 is 9.90 Å². The third kappa shape index (κ3) is 2.29. The van der Waals surface area contributed by atoms with Crippen LogP contribution in [-0.2, 0) is 4.79 Å². The fraction of sp³-hybridized carbons (Fsp3) is 0.111. The molecule has 1 rings (SSSR count). The highest BCUT2D eigenvalue weighted by atomic mass is 35.5. The molecule has 0 heterocycles. The lowest BCUT2D eigenvalue weighted by molar-refractivity contribution is -0.107. The summed E-state index contributed by atoms with van der Waals surface area (Å²) in [6.45, 7) is 0. The predicted octanol–water partition coefficient (Wildman–Crippen LogP) is 1.82. The van der Waals surface area contributed by atoms with E-state index in [4.69, 9.17) is 11.6 Å². The molecule has 0 atom stereocenters. The van der Waals surface area contributed by atoms with Crippen LogP contribution in [-0.4, -0.2) is 17.2 Å². The van der Waals surface area contributed by atoms with E-state index in [1.54, 1.807) is 0 Å². The van der Waals surface area contributed by atoms with Gasteiger partial charge in [0, 0.05) is 5.02 Å². The molecule has 68 valence electrons.